The maximum absolute atomic E-state index is 5.94. The van der Waals surface area contributed by atoms with Crippen molar-refractivity contribution in [1.82, 2.24) is 5.32 Å². The van der Waals surface area contributed by atoms with E-state index in [1.54, 1.807) is 0 Å². The Labute approximate surface area is 110 Å². The van der Waals surface area contributed by atoms with Gasteiger partial charge in [-0.25, -0.2) is 0 Å². The third-order valence-electron chi connectivity index (χ3n) is 2.64. The average molecular weight is 251 g/mol. The maximum Gasteiger partial charge on any atom is 0.120 e. The lowest BCUT2D eigenvalue weighted by molar-refractivity contribution is 0.189. The molecule has 0 saturated heterocycles. The van der Waals surface area contributed by atoms with Crippen LogP contribution in [0, 0.1) is 0 Å². The molecule has 1 N–H and O–H groups in total. The lowest BCUT2D eigenvalue weighted by Gasteiger charge is -2.18. The molecule has 1 rings (SSSR count). The summed E-state index contributed by atoms with van der Waals surface area (Å²) >= 11 is 0. The zero-order valence-electron chi connectivity index (χ0n) is 11.7. The van der Waals surface area contributed by atoms with Gasteiger partial charge >= 0.3 is 0 Å². The van der Waals surface area contributed by atoms with Crippen molar-refractivity contribution >= 4 is 0 Å². The number of likely N-dealkylation sites (N-methyl/N-ethyl adjacent to an activating group) is 1. The quantitative estimate of drug-likeness (QED) is 0.731. The summed E-state index contributed by atoms with van der Waals surface area (Å²) in [6, 6.07) is 7.88. The van der Waals surface area contributed by atoms with Crippen LogP contribution in [0.25, 0.3) is 0 Å². The molecule has 0 amide bonds. The van der Waals surface area contributed by atoms with Crippen LogP contribution in [0.3, 0.4) is 0 Å². The molecule has 3 heteroatoms. The van der Waals surface area contributed by atoms with Crippen molar-refractivity contribution in [1.29, 1.82) is 0 Å². The van der Waals surface area contributed by atoms with Gasteiger partial charge in [-0.05, 0) is 44.2 Å². The molecular formula is C15H25NO2. The molecule has 0 saturated carbocycles. The third kappa shape index (κ3) is 5.41. The zero-order valence-corrected chi connectivity index (χ0v) is 11.7. The van der Waals surface area contributed by atoms with Crippen molar-refractivity contribution in [2.75, 3.05) is 20.2 Å². The van der Waals surface area contributed by atoms with Crippen LogP contribution < -0.4 is 14.8 Å². The average Bonchev–Trinajstić information content (AvgIpc) is 2.38. The second-order valence-corrected chi connectivity index (χ2v) is 4.41. The summed E-state index contributed by atoms with van der Waals surface area (Å²) in [6.45, 7) is 5.92. The number of ether oxygens (including phenoxy) is 2. The normalized spacial score (nSPS) is 12.2. The van der Waals surface area contributed by atoms with Gasteiger partial charge < -0.3 is 14.8 Å². The summed E-state index contributed by atoms with van der Waals surface area (Å²) < 4.78 is 11.5. The van der Waals surface area contributed by atoms with Crippen LogP contribution in [-0.2, 0) is 0 Å². The summed E-state index contributed by atoms with van der Waals surface area (Å²) in [7, 11) is 1.95. The van der Waals surface area contributed by atoms with Gasteiger partial charge in [0.2, 0.25) is 0 Å². The van der Waals surface area contributed by atoms with Crippen LogP contribution in [0.1, 0.15) is 33.1 Å². The van der Waals surface area contributed by atoms with E-state index >= 15 is 0 Å². The fraction of sp³-hybridized carbons (Fsp3) is 0.600. The van der Waals surface area contributed by atoms with Gasteiger partial charge in [0.25, 0.3) is 0 Å². The molecule has 0 aliphatic heterocycles. The molecule has 1 unspecified atom stereocenters. The standard InChI is InChI=1S/C15H25NO2/c1-4-6-15(12-16-3)18-14-9-7-13(8-10-14)17-11-5-2/h7-10,15-16H,4-6,11-12H2,1-3H3. The minimum Gasteiger partial charge on any atom is -0.494 e. The second-order valence-electron chi connectivity index (χ2n) is 4.41. The number of nitrogens with one attached hydrogen (secondary N) is 1. The Hall–Kier alpha value is -1.22. The van der Waals surface area contributed by atoms with Crippen molar-refractivity contribution in [3.8, 4) is 11.5 Å². The monoisotopic (exact) mass is 251 g/mol. The minimum absolute atomic E-state index is 0.238. The molecule has 0 bridgehead atoms. The van der Waals surface area contributed by atoms with Crippen LogP contribution in [-0.4, -0.2) is 26.3 Å². The number of benzene rings is 1. The zero-order chi connectivity index (χ0) is 13.2. The molecule has 0 fully saturated rings. The van der Waals surface area contributed by atoms with E-state index in [0.717, 1.165) is 43.9 Å². The molecule has 0 aliphatic carbocycles. The van der Waals surface area contributed by atoms with E-state index in [0.29, 0.717) is 0 Å². The molecule has 1 aromatic rings. The lowest BCUT2D eigenvalue weighted by Crippen LogP contribution is -2.28. The van der Waals surface area contributed by atoms with Gasteiger partial charge in [-0.3, -0.25) is 0 Å². The first-order chi connectivity index (χ1) is 8.80. The van der Waals surface area contributed by atoms with Crippen molar-refractivity contribution < 1.29 is 9.47 Å². The SMILES string of the molecule is CCCOc1ccc(OC(CCC)CNC)cc1. The van der Waals surface area contributed by atoms with Gasteiger partial charge in [0.15, 0.2) is 0 Å². The van der Waals surface area contributed by atoms with Gasteiger partial charge in [-0.2, -0.15) is 0 Å². The molecule has 18 heavy (non-hydrogen) atoms. The van der Waals surface area contributed by atoms with Crippen molar-refractivity contribution in [2.24, 2.45) is 0 Å². The molecule has 1 atom stereocenters. The Bertz CT molecular complexity index is 305. The highest BCUT2D eigenvalue weighted by atomic mass is 16.5. The Kier molecular flexibility index (Phi) is 7.26. The maximum atomic E-state index is 5.94. The predicted octanol–water partition coefficient (Wildman–Crippen LogP) is 3.24. The first-order valence-electron chi connectivity index (χ1n) is 6.84. The van der Waals surface area contributed by atoms with Gasteiger partial charge in [0.1, 0.15) is 17.6 Å². The van der Waals surface area contributed by atoms with E-state index in [-0.39, 0.29) is 6.10 Å². The van der Waals surface area contributed by atoms with Crippen LogP contribution in [0.2, 0.25) is 0 Å². The Morgan fingerprint density at radius 3 is 2.28 bits per heavy atom. The summed E-state index contributed by atoms with van der Waals surface area (Å²) in [4.78, 5) is 0. The first-order valence-corrected chi connectivity index (χ1v) is 6.84. The van der Waals surface area contributed by atoms with E-state index in [4.69, 9.17) is 9.47 Å². The molecule has 0 aromatic heterocycles. The molecule has 0 radical (unpaired) electrons. The van der Waals surface area contributed by atoms with Crippen LogP contribution in [0.15, 0.2) is 24.3 Å². The van der Waals surface area contributed by atoms with Crippen LogP contribution in [0.4, 0.5) is 0 Å². The van der Waals surface area contributed by atoms with E-state index in [9.17, 15) is 0 Å². The van der Waals surface area contributed by atoms with Crippen LogP contribution >= 0.6 is 0 Å². The smallest absolute Gasteiger partial charge is 0.120 e. The van der Waals surface area contributed by atoms with Gasteiger partial charge in [-0.1, -0.05) is 20.3 Å². The van der Waals surface area contributed by atoms with Gasteiger partial charge in [-0.15, -0.1) is 0 Å². The molecule has 0 spiro atoms. The highest BCUT2D eigenvalue weighted by Crippen LogP contribution is 2.19. The highest BCUT2D eigenvalue weighted by molar-refractivity contribution is 5.31. The lowest BCUT2D eigenvalue weighted by atomic mass is 10.2. The largest absolute Gasteiger partial charge is 0.494 e. The summed E-state index contributed by atoms with van der Waals surface area (Å²) in [5, 5.41) is 3.16. The number of hydrogen-bond donors (Lipinski definition) is 1. The second kappa shape index (κ2) is 8.81. The molecule has 0 aliphatic rings. The van der Waals surface area contributed by atoms with E-state index in [1.807, 2.05) is 31.3 Å². The first kappa shape index (κ1) is 14.8. The molecule has 1 aromatic carbocycles. The fourth-order valence-electron chi connectivity index (χ4n) is 1.78. The highest BCUT2D eigenvalue weighted by Gasteiger charge is 2.08. The molecular weight excluding hydrogens is 226 g/mol. The molecule has 0 heterocycles. The molecule has 3 nitrogen and oxygen atoms in total. The predicted molar refractivity (Wildman–Crippen MR) is 75.5 cm³/mol. The number of hydrogen-bond acceptors (Lipinski definition) is 3. The van der Waals surface area contributed by atoms with Crippen LogP contribution in [0.5, 0.6) is 11.5 Å². The minimum atomic E-state index is 0.238. The van der Waals surface area contributed by atoms with E-state index in [2.05, 4.69) is 19.2 Å². The Morgan fingerprint density at radius 2 is 1.72 bits per heavy atom. The number of rotatable bonds is 9. The summed E-state index contributed by atoms with van der Waals surface area (Å²) in [5.74, 6) is 1.82. The van der Waals surface area contributed by atoms with E-state index in [1.165, 1.54) is 0 Å². The summed E-state index contributed by atoms with van der Waals surface area (Å²) in [6.07, 6.45) is 3.46. The topological polar surface area (TPSA) is 30.5 Å². The van der Waals surface area contributed by atoms with Crippen molar-refractivity contribution in [2.45, 2.75) is 39.2 Å². The Balaban J connectivity index is 2.50. The Morgan fingerprint density at radius 1 is 1.06 bits per heavy atom. The van der Waals surface area contributed by atoms with Gasteiger partial charge in [0, 0.05) is 6.54 Å². The van der Waals surface area contributed by atoms with Crippen molar-refractivity contribution in [3.63, 3.8) is 0 Å². The van der Waals surface area contributed by atoms with E-state index < -0.39 is 0 Å². The summed E-state index contributed by atoms with van der Waals surface area (Å²) in [5.41, 5.74) is 0. The van der Waals surface area contributed by atoms with Crippen molar-refractivity contribution in [3.05, 3.63) is 24.3 Å². The fourth-order valence-corrected chi connectivity index (χ4v) is 1.78. The van der Waals surface area contributed by atoms with Gasteiger partial charge in [0.05, 0.1) is 6.61 Å². The molecule has 102 valence electrons. The third-order valence-corrected chi connectivity index (χ3v) is 2.64.